The van der Waals surface area contributed by atoms with Gasteiger partial charge in [-0.15, -0.1) is 6.42 Å². The van der Waals surface area contributed by atoms with Gasteiger partial charge in [-0.2, -0.15) is 17.0 Å². The molecule has 0 amide bonds. The fourth-order valence-corrected chi connectivity index (χ4v) is 2.33. The predicted octanol–water partition coefficient (Wildman–Crippen LogP) is 3.36. The molecule has 0 aliphatic carbocycles. The van der Waals surface area contributed by atoms with Crippen molar-refractivity contribution in [1.82, 2.24) is 0 Å². The van der Waals surface area contributed by atoms with E-state index < -0.39 is 0 Å². The standard InChI is InChI=1S/C13H13ClN2S/c1-4-11-12(16-9(2)8-17-3)6-5-10(7-15)13(11)14/h1,5-6,9,16H,8H2,2-3H3/t9-/m0/s1. The van der Waals surface area contributed by atoms with Crippen LogP contribution in [0.25, 0.3) is 0 Å². The number of nitrogens with one attached hydrogen (secondary N) is 1. The molecular formula is C13H13ClN2S. The summed E-state index contributed by atoms with van der Waals surface area (Å²) in [4.78, 5) is 0. The number of thioether (sulfide) groups is 1. The zero-order valence-electron chi connectivity index (χ0n) is 9.75. The van der Waals surface area contributed by atoms with Gasteiger partial charge in [0.15, 0.2) is 0 Å². The van der Waals surface area contributed by atoms with E-state index in [4.69, 9.17) is 23.3 Å². The van der Waals surface area contributed by atoms with Crippen LogP contribution in [0, 0.1) is 23.7 Å². The second-order valence-electron chi connectivity index (χ2n) is 3.61. The fraction of sp³-hybridized carbons (Fsp3) is 0.308. The van der Waals surface area contributed by atoms with Gasteiger partial charge in [0.25, 0.3) is 0 Å². The first kappa shape index (κ1) is 13.8. The lowest BCUT2D eigenvalue weighted by atomic mass is 10.1. The average molecular weight is 265 g/mol. The lowest BCUT2D eigenvalue weighted by Gasteiger charge is -2.16. The molecule has 1 atom stereocenters. The predicted molar refractivity (Wildman–Crippen MR) is 75.6 cm³/mol. The van der Waals surface area contributed by atoms with Crippen LogP contribution in [0.4, 0.5) is 5.69 Å². The summed E-state index contributed by atoms with van der Waals surface area (Å²) in [5, 5.41) is 12.5. The van der Waals surface area contributed by atoms with E-state index in [2.05, 4.69) is 18.2 Å². The fourth-order valence-electron chi connectivity index (χ4n) is 1.48. The summed E-state index contributed by atoms with van der Waals surface area (Å²) >= 11 is 7.82. The molecule has 0 radical (unpaired) electrons. The molecule has 0 aliphatic rings. The summed E-state index contributed by atoms with van der Waals surface area (Å²) in [5.74, 6) is 3.51. The van der Waals surface area contributed by atoms with Crippen LogP contribution in [-0.2, 0) is 0 Å². The highest BCUT2D eigenvalue weighted by Crippen LogP contribution is 2.27. The van der Waals surface area contributed by atoms with Gasteiger partial charge in [0.05, 0.1) is 21.8 Å². The van der Waals surface area contributed by atoms with Crippen LogP contribution in [0.15, 0.2) is 12.1 Å². The molecule has 0 aliphatic heterocycles. The van der Waals surface area contributed by atoms with Crippen LogP contribution < -0.4 is 5.32 Å². The van der Waals surface area contributed by atoms with Gasteiger partial charge in [0.1, 0.15) is 6.07 Å². The molecule has 17 heavy (non-hydrogen) atoms. The maximum absolute atomic E-state index is 8.87. The molecular weight excluding hydrogens is 252 g/mol. The van der Waals surface area contributed by atoms with Crippen LogP contribution in [0.1, 0.15) is 18.1 Å². The van der Waals surface area contributed by atoms with Gasteiger partial charge in [-0.25, -0.2) is 0 Å². The van der Waals surface area contributed by atoms with Crippen molar-refractivity contribution in [1.29, 1.82) is 5.26 Å². The minimum atomic E-state index is 0.293. The third kappa shape index (κ3) is 3.33. The zero-order valence-corrected chi connectivity index (χ0v) is 11.3. The van der Waals surface area contributed by atoms with E-state index in [-0.39, 0.29) is 0 Å². The molecule has 4 heteroatoms. The summed E-state index contributed by atoms with van der Waals surface area (Å²) in [7, 11) is 0. The van der Waals surface area contributed by atoms with Crippen molar-refractivity contribution >= 4 is 29.1 Å². The SMILES string of the molecule is C#Cc1c(N[C@@H](C)CSC)ccc(C#N)c1Cl. The van der Waals surface area contributed by atoms with E-state index in [9.17, 15) is 0 Å². The Morgan fingerprint density at radius 2 is 2.29 bits per heavy atom. The number of benzene rings is 1. The quantitative estimate of drug-likeness (QED) is 0.847. The maximum Gasteiger partial charge on any atom is 0.101 e. The van der Waals surface area contributed by atoms with Crippen LogP contribution in [0.3, 0.4) is 0 Å². The van der Waals surface area contributed by atoms with E-state index in [0.717, 1.165) is 11.4 Å². The highest BCUT2D eigenvalue weighted by Gasteiger charge is 2.11. The third-order valence-electron chi connectivity index (χ3n) is 2.23. The van der Waals surface area contributed by atoms with Crippen molar-refractivity contribution < 1.29 is 0 Å². The molecule has 0 saturated heterocycles. The number of hydrogen-bond acceptors (Lipinski definition) is 3. The lowest BCUT2D eigenvalue weighted by Crippen LogP contribution is -2.18. The van der Waals surface area contributed by atoms with Crippen molar-refractivity contribution in [2.45, 2.75) is 13.0 Å². The van der Waals surface area contributed by atoms with Gasteiger partial charge in [0, 0.05) is 11.8 Å². The second kappa shape index (κ2) is 6.45. The van der Waals surface area contributed by atoms with E-state index >= 15 is 0 Å². The number of anilines is 1. The van der Waals surface area contributed by atoms with Crippen LogP contribution >= 0.6 is 23.4 Å². The Balaban J connectivity index is 3.07. The Labute approximate surface area is 111 Å². The smallest absolute Gasteiger partial charge is 0.101 e. The van der Waals surface area contributed by atoms with Crippen molar-refractivity contribution in [2.24, 2.45) is 0 Å². The molecule has 0 bridgehead atoms. The maximum atomic E-state index is 8.87. The van der Waals surface area contributed by atoms with Gasteiger partial charge < -0.3 is 5.32 Å². The van der Waals surface area contributed by atoms with E-state index in [1.165, 1.54) is 0 Å². The Bertz CT molecular complexity index is 485. The minimum Gasteiger partial charge on any atom is -0.381 e. The monoisotopic (exact) mass is 264 g/mol. The Morgan fingerprint density at radius 1 is 1.59 bits per heavy atom. The summed E-state index contributed by atoms with van der Waals surface area (Å²) in [6.45, 7) is 2.07. The van der Waals surface area contributed by atoms with E-state index in [0.29, 0.717) is 22.2 Å². The molecule has 0 spiro atoms. The Hall–Kier alpha value is -1.29. The van der Waals surface area contributed by atoms with Crippen LogP contribution in [-0.4, -0.2) is 18.1 Å². The number of nitriles is 1. The molecule has 0 fully saturated rings. The molecule has 1 aromatic rings. The molecule has 1 aromatic carbocycles. The first-order chi connectivity index (χ1) is 8.13. The largest absolute Gasteiger partial charge is 0.381 e. The van der Waals surface area contributed by atoms with Crippen molar-refractivity contribution in [3.05, 3.63) is 28.3 Å². The first-order valence-electron chi connectivity index (χ1n) is 5.08. The van der Waals surface area contributed by atoms with Crippen molar-refractivity contribution in [2.75, 3.05) is 17.3 Å². The number of hydrogen-bond donors (Lipinski definition) is 1. The minimum absolute atomic E-state index is 0.293. The zero-order chi connectivity index (χ0) is 12.8. The Kier molecular flexibility index (Phi) is 5.22. The van der Waals surface area contributed by atoms with Crippen molar-refractivity contribution in [3.8, 4) is 18.4 Å². The molecule has 1 rings (SSSR count). The summed E-state index contributed by atoms with van der Waals surface area (Å²) in [6, 6.07) is 5.79. The molecule has 1 N–H and O–H groups in total. The van der Waals surface area contributed by atoms with Crippen molar-refractivity contribution in [3.63, 3.8) is 0 Å². The van der Waals surface area contributed by atoms with E-state index in [1.807, 2.05) is 12.3 Å². The lowest BCUT2D eigenvalue weighted by molar-refractivity contribution is 0.914. The molecule has 0 aromatic heterocycles. The van der Waals surface area contributed by atoms with Gasteiger partial charge in [-0.3, -0.25) is 0 Å². The number of halogens is 1. The average Bonchev–Trinajstić information content (AvgIpc) is 2.30. The Morgan fingerprint density at radius 3 is 2.82 bits per heavy atom. The number of terminal acetylenes is 1. The molecule has 0 unspecified atom stereocenters. The normalized spacial score (nSPS) is 11.4. The number of rotatable bonds is 4. The summed E-state index contributed by atoms with van der Waals surface area (Å²) in [6.07, 6.45) is 7.48. The molecule has 0 heterocycles. The van der Waals surface area contributed by atoms with E-state index in [1.54, 1.807) is 23.9 Å². The van der Waals surface area contributed by atoms with Gasteiger partial charge in [0.2, 0.25) is 0 Å². The topological polar surface area (TPSA) is 35.8 Å². The van der Waals surface area contributed by atoms with Gasteiger partial charge in [-0.05, 0) is 25.3 Å². The number of nitrogens with zero attached hydrogens (tertiary/aromatic N) is 1. The van der Waals surface area contributed by atoms with Gasteiger partial charge in [-0.1, -0.05) is 17.5 Å². The molecule has 0 saturated carbocycles. The van der Waals surface area contributed by atoms with Crippen LogP contribution in [0.2, 0.25) is 5.02 Å². The first-order valence-corrected chi connectivity index (χ1v) is 6.85. The second-order valence-corrected chi connectivity index (χ2v) is 4.90. The highest BCUT2D eigenvalue weighted by atomic mass is 35.5. The van der Waals surface area contributed by atoms with Crippen LogP contribution in [0.5, 0.6) is 0 Å². The van der Waals surface area contributed by atoms with Gasteiger partial charge >= 0.3 is 0 Å². The third-order valence-corrected chi connectivity index (χ3v) is 3.45. The highest BCUT2D eigenvalue weighted by molar-refractivity contribution is 7.98. The molecule has 2 nitrogen and oxygen atoms in total. The summed E-state index contributed by atoms with van der Waals surface area (Å²) < 4.78 is 0. The molecule has 88 valence electrons. The summed E-state index contributed by atoms with van der Waals surface area (Å²) in [5.41, 5.74) is 1.76.